The van der Waals surface area contributed by atoms with E-state index in [1.807, 2.05) is 6.07 Å². The first-order valence-corrected chi connectivity index (χ1v) is 25.8. The number of hydrogen-bond donors (Lipinski definition) is 0. The van der Waals surface area contributed by atoms with Crippen LogP contribution < -0.4 is 35.7 Å². The van der Waals surface area contributed by atoms with Crippen molar-refractivity contribution in [2.24, 2.45) is 0 Å². The van der Waals surface area contributed by atoms with Crippen LogP contribution in [0.2, 0.25) is 0 Å². The van der Waals surface area contributed by atoms with Gasteiger partial charge in [0.05, 0.1) is 11.4 Å². The van der Waals surface area contributed by atoms with Gasteiger partial charge in [-0.05, 0) is 170 Å². The van der Waals surface area contributed by atoms with Crippen LogP contribution in [0.5, 0.6) is 11.5 Å². The summed E-state index contributed by atoms with van der Waals surface area (Å²) in [6.45, 7) is 26.3. The molecule has 72 heavy (non-hydrogen) atoms. The van der Waals surface area contributed by atoms with Gasteiger partial charge in [-0.3, -0.25) is 0 Å². The van der Waals surface area contributed by atoms with Gasteiger partial charge < -0.3 is 23.7 Å². The van der Waals surface area contributed by atoms with Crippen LogP contribution in [-0.4, -0.2) is 19.9 Å². The van der Waals surface area contributed by atoms with Gasteiger partial charge in [-0.15, -0.1) is 0 Å². The quantitative estimate of drug-likeness (QED) is 0.164. The van der Waals surface area contributed by atoms with E-state index in [-0.39, 0.29) is 23.0 Å². The SMILES string of the molecule is Cc1cc2c3c(c1)N(c1c(C)cc(C(C)(C)C)cc1C)c1c(ccc4c1OCCO4)B3c1cc(C(C)(C)C)ccc1N2c1cc(-c2ccc3c(c2)C(C)(C)c2ccccc2-3)cc(-c2cc3ccccc3o2)c1. The van der Waals surface area contributed by atoms with Crippen molar-refractivity contribution in [3.8, 4) is 45.1 Å². The molecule has 0 atom stereocenters. The molecular weight excluding hydrogens is 880 g/mol. The molecule has 4 heterocycles. The van der Waals surface area contributed by atoms with Gasteiger partial charge in [0.1, 0.15) is 24.6 Å². The molecule has 5 nitrogen and oxygen atoms in total. The summed E-state index contributed by atoms with van der Waals surface area (Å²) in [7, 11) is 0. The van der Waals surface area contributed by atoms with E-state index in [0.717, 1.165) is 67.8 Å². The van der Waals surface area contributed by atoms with Crippen molar-refractivity contribution in [1.82, 2.24) is 0 Å². The number of anilines is 6. The van der Waals surface area contributed by atoms with E-state index >= 15 is 0 Å². The summed E-state index contributed by atoms with van der Waals surface area (Å²) in [4.78, 5) is 5.08. The van der Waals surface area contributed by atoms with Crippen LogP contribution in [-0.2, 0) is 16.2 Å². The largest absolute Gasteiger partial charge is 0.486 e. The highest BCUT2D eigenvalue weighted by Crippen LogP contribution is 2.54. The Balaban J connectivity index is 1.10. The molecule has 0 radical (unpaired) electrons. The molecule has 9 aromatic rings. The first-order chi connectivity index (χ1) is 34.4. The van der Waals surface area contributed by atoms with E-state index < -0.39 is 0 Å². The number of furan rings is 1. The molecule has 0 fully saturated rings. The maximum Gasteiger partial charge on any atom is 0.252 e. The number of para-hydroxylation sites is 1. The van der Waals surface area contributed by atoms with Crippen molar-refractivity contribution < 1.29 is 13.9 Å². The molecule has 0 unspecified atom stereocenters. The Kier molecular flexibility index (Phi) is 9.60. The Morgan fingerprint density at radius 2 is 1.22 bits per heavy atom. The lowest BCUT2D eigenvalue weighted by molar-refractivity contribution is 0.172. The topological polar surface area (TPSA) is 38.1 Å². The minimum atomic E-state index is -0.143. The van der Waals surface area contributed by atoms with E-state index in [9.17, 15) is 0 Å². The third-order valence-corrected chi connectivity index (χ3v) is 16.1. The number of hydrogen-bond acceptors (Lipinski definition) is 5. The maximum absolute atomic E-state index is 6.78. The summed E-state index contributed by atoms with van der Waals surface area (Å²) in [5.41, 5.74) is 26.1. The van der Waals surface area contributed by atoms with Gasteiger partial charge in [-0.2, -0.15) is 0 Å². The third kappa shape index (κ3) is 6.67. The summed E-state index contributed by atoms with van der Waals surface area (Å²) in [5, 5.41) is 1.08. The zero-order chi connectivity index (χ0) is 49.7. The molecule has 4 aliphatic rings. The predicted molar refractivity (Wildman–Crippen MR) is 301 cm³/mol. The minimum Gasteiger partial charge on any atom is -0.486 e. The van der Waals surface area contributed by atoms with Crippen molar-refractivity contribution >= 4 is 68.2 Å². The van der Waals surface area contributed by atoms with Gasteiger partial charge in [-0.1, -0.05) is 140 Å². The number of nitrogens with zero attached hydrogens (tertiary/aromatic N) is 2. The average molecular weight is 941 g/mol. The highest BCUT2D eigenvalue weighted by molar-refractivity contribution is 7.00. The van der Waals surface area contributed by atoms with Crippen molar-refractivity contribution in [1.29, 1.82) is 0 Å². The smallest absolute Gasteiger partial charge is 0.252 e. The molecule has 6 heteroatoms. The second-order valence-corrected chi connectivity index (χ2v) is 23.4. The first kappa shape index (κ1) is 44.5. The fourth-order valence-corrected chi connectivity index (χ4v) is 12.5. The molecule has 3 aliphatic heterocycles. The normalized spacial score (nSPS) is 15.0. The van der Waals surface area contributed by atoms with Gasteiger partial charge in [0.25, 0.3) is 6.71 Å². The zero-order valence-electron chi connectivity index (χ0n) is 43.5. The van der Waals surface area contributed by atoms with E-state index in [4.69, 9.17) is 13.9 Å². The van der Waals surface area contributed by atoms with Crippen LogP contribution in [0, 0.1) is 20.8 Å². The van der Waals surface area contributed by atoms with E-state index in [1.165, 1.54) is 77.7 Å². The Bertz CT molecular complexity index is 3710. The molecule has 356 valence electrons. The first-order valence-electron chi connectivity index (χ1n) is 25.8. The van der Waals surface area contributed by atoms with Gasteiger partial charge >= 0.3 is 0 Å². The molecule has 1 aliphatic carbocycles. The fraction of sp³-hybridized carbons (Fsp3) is 0.242. The Labute approximate surface area is 425 Å². The molecule has 0 amide bonds. The number of aryl methyl sites for hydroxylation is 3. The number of rotatable bonds is 4. The van der Waals surface area contributed by atoms with Gasteiger partial charge in [-0.25, -0.2) is 0 Å². The van der Waals surface area contributed by atoms with Gasteiger partial charge in [0.2, 0.25) is 0 Å². The molecule has 13 rings (SSSR count). The van der Waals surface area contributed by atoms with Gasteiger partial charge in [0, 0.05) is 39.1 Å². The molecule has 0 saturated heterocycles. The maximum atomic E-state index is 6.78. The average Bonchev–Trinajstić information content (AvgIpc) is 3.89. The molecule has 0 N–H and O–H groups in total. The summed E-state index contributed by atoms with van der Waals surface area (Å²) in [6, 6.07) is 54.9. The van der Waals surface area contributed by atoms with Crippen molar-refractivity contribution in [3.05, 3.63) is 185 Å². The Morgan fingerprint density at radius 1 is 0.528 bits per heavy atom. The summed E-state index contributed by atoms with van der Waals surface area (Å²) in [6.07, 6.45) is 0. The second-order valence-electron chi connectivity index (χ2n) is 23.4. The van der Waals surface area contributed by atoms with Crippen LogP contribution in [0.1, 0.15) is 94.3 Å². The third-order valence-electron chi connectivity index (χ3n) is 16.1. The number of fused-ring (bicyclic) bond motifs is 10. The van der Waals surface area contributed by atoms with E-state index in [1.54, 1.807) is 0 Å². The number of ether oxygens (including phenoxy) is 2. The highest BCUT2D eigenvalue weighted by atomic mass is 16.6. The molecule has 0 bridgehead atoms. The summed E-state index contributed by atoms with van der Waals surface area (Å²) in [5.74, 6) is 2.44. The zero-order valence-corrected chi connectivity index (χ0v) is 43.5. The molecule has 0 saturated carbocycles. The monoisotopic (exact) mass is 940 g/mol. The highest BCUT2D eigenvalue weighted by Gasteiger charge is 2.46. The summed E-state index contributed by atoms with van der Waals surface area (Å²) < 4.78 is 20.0. The Morgan fingerprint density at radius 3 is 1.99 bits per heavy atom. The van der Waals surface area contributed by atoms with E-state index in [2.05, 4.69) is 225 Å². The van der Waals surface area contributed by atoms with Crippen molar-refractivity contribution in [3.63, 3.8) is 0 Å². The minimum absolute atomic E-state index is 0.0106. The lowest BCUT2D eigenvalue weighted by Crippen LogP contribution is -2.61. The lowest BCUT2D eigenvalue weighted by Gasteiger charge is -2.46. The van der Waals surface area contributed by atoms with Crippen LogP contribution in [0.15, 0.2) is 150 Å². The predicted octanol–water partition coefficient (Wildman–Crippen LogP) is 15.4. The Hall–Kier alpha value is -7.44. The van der Waals surface area contributed by atoms with Gasteiger partial charge in [0.15, 0.2) is 11.5 Å². The van der Waals surface area contributed by atoms with Crippen LogP contribution in [0.3, 0.4) is 0 Å². The number of benzene rings is 8. The fourth-order valence-electron chi connectivity index (χ4n) is 12.5. The van der Waals surface area contributed by atoms with Crippen LogP contribution >= 0.6 is 0 Å². The molecule has 1 aromatic heterocycles. The van der Waals surface area contributed by atoms with Crippen molar-refractivity contribution in [2.45, 2.75) is 92.4 Å². The van der Waals surface area contributed by atoms with Crippen LogP contribution in [0.25, 0.3) is 44.5 Å². The van der Waals surface area contributed by atoms with Crippen molar-refractivity contribution in [2.75, 3.05) is 23.0 Å². The standard InChI is InChI=1S/C66H61BN2O3/c1-38-28-55-60-56(29-38)69(61-39(2)30-46(31-40(61)3)65(7,8)9)62-52(23-25-58-63(62)71-27-26-70-58)67(60)53-37-45(64(4,5)6)21-24-54(53)68(55)47-33-43(32-44(34-47)59-36-42-16-12-15-19-57(42)72-59)41-20-22-49-48-17-13-14-18-50(48)66(10,11)51(49)35-41/h12-25,28-37H,26-27H2,1-11H3. The molecule has 0 spiro atoms. The van der Waals surface area contributed by atoms with E-state index in [0.29, 0.717) is 13.2 Å². The van der Waals surface area contributed by atoms with Crippen LogP contribution in [0.4, 0.5) is 34.1 Å². The summed E-state index contributed by atoms with van der Waals surface area (Å²) >= 11 is 0. The lowest BCUT2D eigenvalue weighted by atomic mass is 9.33. The molecular formula is C66H61BN2O3. The molecule has 8 aromatic carbocycles. The second kappa shape index (κ2) is 15.5.